The van der Waals surface area contributed by atoms with E-state index in [1.54, 1.807) is 36.4 Å². The summed E-state index contributed by atoms with van der Waals surface area (Å²) in [6, 6.07) is 35.2. The van der Waals surface area contributed by atoms with Crippen LogP contribution >= 0.6 is 0 Å². The van der Waals surface area contributed by atoms with Gasteiger partial charge in [0.2, 0.25) is 0 Å². The van der Waals surface area contributed by atoms with E-state index in [-0.39, 0.29) is 31.6 Å². The van der Waals surface area contributed by atoms with E-state index < -0.39 is 0 Å². The Kier molecular flexibility index (Phi) is 5.47. The molecule has 1 aliphatic carbocycles. The van der Waals surface area contributed by atoms with E-state index >= 15 is 0 Å². The summed E-state index contributed by atoms with van der Waals surface area (Å²) in [4.78, 5) is 28.0. The fraction of sp³-hybridized carbons (Fsp3) is 0. The zero-order chi connectivity index (χ0) is 24.6. The minimum atomic E-state index is -0.214. The van der Waals surface area contributed by atoms with Gasteiger partial charge in [-0.1, -0.05) is 0 Å². The third-order valence-corrected chi connectivity index (χ3v) is 8.40. The number of hydrogen-bond donors (Lipinski definition) is 0. The number of nitrogens with zero attached hydrogens (tertiary/aromatic N) is 2. The topological polar surface area (TPSA) is 61.2 Å². The van der Waals surface area contributed by atoms with Gasteiger partial charge in [-0.3, -0.25) is 0 Å². The summed E-state index contributed by atoms with van der Waals surface area (Å²) in [6.45, 7) is 0. The Bertz CT molecular complexity index is 1710. The van der Waals surface area contributed by atoms with Crippen LogP contribution in [0.15, 0.2) is 109 Å². The molecule has 0 saturated heterocycles. The number of anilines is 3. The number of hydrogen-bond acceptors (Lipinski definition) is 4. The first kappa shape index (κ1) is 22.0. The predicted octanol–water partition coefficient (Wildman–Crippen LogP) is 6.70. The SMILES string of the molecule is N#Cc1cccc(N(c2ccc(C=C3C(=O)c4ccccc4C3=O)[se]2)c2cccc3ccccc23)c1. The van der Waals surface area contributed by atoms with Crippen molar-refractivity contribution in [1.29, 1.82) is 5.26 Å². The van der Waals surface area contributed by atoms with E-state index in [0.717, 1.165) is 31.1 Å². The molecule has 5 heteroatoms. The van der Waals surface area contributed by atoms with Crippen molar-refractivity contribution in [3.8, 4) is 6.07 Å². The quantitative estimate of drug-likeness (QED) is 0.148. The number of carbonyl (C=O) groups excluding carboxylic acids is 2. The molecule has 6 rings (SSSR count). The Labute approximate surface area is 214 Å². The average Bonchev–Trinajstić information content (AvgIpc) is 3.48. The van der Waals surface area contributed by atoms with E-state index in [1.807, 2.05) is 48.5 Å². The molecule has 0 saturated carbocycles. The molecule has 0 atom stereocenters. The summed E-state index contributed by atoms with van der Waals surface area (Å²) >= 11 is -0.165. The number of fused-ring (bicyclic) bond motifs is 2. The average molecular weight is 529 g/mol. The monoisotopic (exact) mass is 530 g/mol. The molecule has 1 aliphatic rings. The third-order valence-electron chi connectivity index (χ3n) is 6.27. The molecular formula is C31H18N2O2Se. The number of nitriles is 1. The summed E-state index contributed by atoms with van der Waals surface area (Å²) in [5, 5.41) is 11.7. The van der Waals surface area contributed by atoms with Gasteiger partial charge in [-0.25, -0.2) is 0 Å². The minimum absolute atomic E-state index is 0.165. The van der Waals surface area contributed by atoms with E-state index in [4.69, 9.17) is 0 Å². The summed E-state index contributed by atoms with van der Waals surface area (Å²) in [6.07, 6.45) is 1.75. The normalized spacial score (nSPS) is 12.5. The van der Waals surface area contributed by atoms with Crippen molar-refractivity contribution in [3.05, 3.63) is 130 Å². The summed E-state index contributed by atoms with van der Waals surface area (Å²) < 4.78 is 2.00. The zero-order valence-electron chi connectivity index (χ0n) is 19.0. The van der Waals surface area contributed by atoms with Crippen LogP contribution in [-0.4, -0.2) is 26.1 Å². The first-order chi connectivity index (χ1) is 17.6. The Morgan fingerprint density at radius 1 is 0.750 bits per heavy atom. The molecule has 0 fully saturated rings. The van der Waals surface area contributed by atoms with Crippen LogP contribution in [0.3, 0.4) is 0 Å². The number of Topliss-reactive ketones (excluding diaryl/α,β-unsaturated/α-hetero) is 2. The number of benzene rings is 4. The van der Waals surface area contributed by atoms with Crippen LogP contribution in [0, 0.1) is 11.3 Å². The van der Waals surface area contributed by atoms with Gasteiger partial charge in [0.05, 0.1) is 0 Å². The maximum atomic E-state index is 12.9. The molecule has 4 aromatic carbocycles. The van der Waals surface area contributed by atoms with Crippen molar-refractivity contribution < 1.29 is 9.59 Å². The van der Waals surface area contributed by atoms with Gasteiger partial charge < -0.3 is 0 Å². The van der Waals surface area contributed by atoms with Crippen molar-refractivity contribution in [3.63, 3.8) is 0 Å². The number of allylic oxidation sites excluding steroid dienone is 1. The van der Waals surface area contributed by atoms with Crippen LogP contribution < -0.4 is 4.90 Å². The first-order valence-electron chi connectivity index (χ1n) is 11.4. The second-order valence-corrected chi connectivity index (χ2v) is 10.7. The molecule has 4 nitrogen and oxygen atoms in total. The molecule has 170 valence electrons. The van der Waals surface area contributed by atoms with Crippen molar-refractivity contribution >= 4 is 58.9 Å². The van der Waals surface area contributed by atoms with Crippen molar-refractivity contribution in [2.75, 3.05) is 4.90 Å². The van der Waals surface area contributed by atoms with Gasteiger partial charge in [0.15, 0.2) is 0 Å². The van der Waals surface area contributed by atoms with Gasteiger partial charge in [0, 0.05) is 0 Å². The summed E-state index contributed by atoms with van der Waals surface area (Å²) in [5.74, 6) is -0.429. The molecule has 0 spiro atoms. The van der Waals surface area contributed by atoms with E-state index in [9.17, 15) is 14.9 Å². The van der Waals surface area contributed by atoms with E-state index in [1.165, 1.54) is 0 Å². The van der Waals surface area contributed by atoms with Gasteiger partial charge in [-0.15, -0.1) is 0 Å². The molecule has 0 radical (unpaired) electrons. The van der Waals surface area contributed by atoms with Crippen molar-refractivity contribution in [2.45, 2.75) is 0 Å². The predicted molar refractivity (Wildman–Crippen MR) is 143 cm³/mol. The summed E-state index contributed by atoms with van der Waals surface area (Å²) in [7, 11) is 0. The fourth-order valence-electron chi connectivity index (χ4n) is 4.59. The Morgan fingerprint density at radius 2 is 1.44 bits per heavy atom. The maximum absolute atomic E-state index is 12.9. The van der Waals surface area contributed by atoms with Crippen molar-refractivity contribution in [2.24, 2.45) is 0 Å². The van der Waals surface area contributed by atoms with E-state index in [0.29, 0.717) is 16.7 Å². The molecule has 0 bridgehead atoms. The molecule has 5 aromatic rings. The molecule has 0 unspecified atom stereocenters. The van der Waals surface area contributed by atoms with Gasteiger partial charge >= 0.3 is 215 Å². The fourth-order valence-corrected chi connectivity index (χ4v) is 6.66. The molecule has 1 heterocycles. The van der Waals surface area contributed by atoms with Crippen molar-refractivity contribution in [1.82, 2.24) is 0 Å². The van der Waals surface area contributed by atoms with Gasteiger partial charge in [-0.2, -0.15) is 0 Å². The molecule has 0 N–H and O–H groups in total. The van der Waals surface area contributed by atoms with E-state index in [2.05, 4.69) is 35.2 Å². The second-order valence-electron chi connectivity index (χ2n) is 8.43. The number of carbonyl (C=O) groups is 2. The Hall–Kier alpha value is -4.49. The number of rotatable bonds is 4. The van der Waals surface area contributed by atoms with Crippen LogP contribution in [0.2, 0.25) is 0 Å². The Morgan fingerprint density at radius 3 is 2.22 bits per heavy atom. The molecule has 0 aliphatic heterocycles. The molecule has 0 amide bonds. The van der Waals surface area contributed by atoms with Gasteiger partial charge in [-0.05, 0) is 0 Å². The van der Waals surface area contributed by atoms with Gasteiger partial charge in [0.25, 0.3) is 0 Å². The van der Waals surface area contributed by atoms with Crippen LogP contribution in [0.1, 0.15) is 30.7 Å². The standard InChI is InChI=1S/C31H18N2O2Se/c32-19-20-7-5-10-22(17-20)33(28-14-6-9-21-8-1-2-11-24(21)28)29-16-15-23(36-29)18-27-30(34)25-12-3-4-13-26(25)31(27)35/h1-18H. The second kappa shape index (κ2) is 8.94. The van der Waals surface area contributed by atoms with Crippen LogP contribution in [0.25, 0.3) is 16.8 Å². The molecule has 36 heavy (non-hydrogen) atoms. The van der Waals surface area contributed by atoms with Crippen LogP contribution in [0.5, 0.6) is 0 Å². The molecule has 1 aromatic heterocycles. The number of ketones is 2. The Balaban J connectivity index is 1.48. The molecular weight excluding hydrogens is 511 g/mol. The van der Waals surface area contributed by atoms with Crippen LogP contribution in [-0.2, 0) is 0 Å². The van der Waals surface area contributed by atoms with Gasteiger partial charge in [0.1, 0.15) is 0 Å². The first-order valence-corrected chi connectivity index (χ1v) is 13.1. The third kappa shape index (κ3) is 3.70. The summed E-state index contributed by atoms with van der Waals surface area (Å²) in [5.41, 5.74) is 3.65. The zero-order valence-corrected chi connectivity index (χ0v) is 20.7. The van der Waals surface area contributed by atoms with Crippen LogP contribution in [0.4, 0.5) is 15.9 Å².